The molecule has 12 heteroatoms. The van der Waals surface area contributed by atoms with Gasteiger partial charge < -0.3 is 19.3 Å². The molecule has 0 unspecified atom stereocenters. The molecule has 1 amide bonds. The van der Waals surface area contributed by atoms with Crippen LogP contribution < -0.4 is 14.4 Å². The third-order valence-corrected chi connectivity index (χ3v) is 6.74. The third kappa shape index (κ3) is 6.84. The molecule has 1 heterocycles. The topological polar surface area (TPSA) is 88.2 Å². The van der Waals surface area contributed by atoms with Gasteiger partial charge in [0, 0.05) is 45.5 Å². The summed E-state index contributed by atoms with van der Waals surface area (Å²) in [5, 5.41) is 0. The van der Waals surface area contributed by atoms with Gasteiger partial charge in [0.25, 0.3) is 5.91 Å². The fourth-order valence-corrected chi connectivity index (χ4v) is 4.42. The van der Waals surface area contributed by atoms with E-state index in [2.05, 4.69) is 4.72 Å². The highest BCUT2D eigenvalue weighted by Gasteiger charge is 2.31. The Bertz CT molecular complexity index is 1070. The van der Waals surface area contributed by atoms with Crippen LogP contribution in [-0.2, 0) is 25.7 Å². The number of nitrogens with one attached hydrogen (secondary N) is 1. The predicted octanol–water partition coefficient (Wildman–Crippen LogP) is 2.36. The Balaban J connectivity index is 1.48. The molecule has 0 radical (unpaired) electrons. The van der Waals surface area contributed by atoms with Gasteiger partial charge in [-0.1, -0.05) is 6.07 Å². The molecule has 1 N–H and O–H groups in total. The summed E-state index contributed by atoms with van der Waals surface area (Å²) in [5.41, 5.74) is -0.244. The summed E-state index contributed by atoms with van der Waals surface area (Å²) in [6.07, 6.45) is -4.41. The molecule has 0 atom stereocenters. The maximum atomic E-state index is 12.9. The number of alkyl halides is 3. The number of carbonyl (C=O) groups excluding carboxylic acids is 1. The molecule has 0 aliphatic carbocycles. The van der Waals surface area contributed by atoms with E-state index in [1.54, 1.807) is 15.9 Å². The number of halogens is 3. The fraction of sp³-hybridized carbons (Fsp3) is 0.409. The number of hydrogen-bond acceptors (Lipinski definition) is 6. The molecule has 186 valence electrons. The van der Waals surface area contributed by atoms with E-state index < -0.39 is 21.8 Å². The number of hydrogen-bond donors (Lipinski definition) is 1. The average molecular weight is 502 g/mol. The Morgan fingerprint density at radius 3 is 2.35 bits per heavy atom. The highest BCUT2D eigenvalue weighted by atomic mass is 32.2. The highest BCUT2D eigenvalue weighted by Crippen LogP contribution is 2.31. The van der Waals surface area contributed by atoms with Crippen molar-refractivity contribution in [2.24, 2.45) is 0 Å². The van der Waals surface area contributed by atoms with Gasteiger partial charge in [-0.3, -0.25) is 4.79 Å². The Kier molecular flexibility index (Phi) is 8.39. The zero-order valence-corrected chi connectivity index (χ0v) is 19.4. The van der Waals surface area contributed by atoms with Gasteiger partial charge in [0.15, 0.2) is 6.61 Å². The molecule has 1 aliphatic heterocycles. The first-order valence-corrected chi connectivity index (χ1v) is 12.0. The van der Waals surface area contributed by atoms with Crippen molar-refractivity contribution in [3.05, 3.63) is 54.1 Å². The summed E-state index contributed by atoms with van der Waals surface area (Å²) in [6.45, 7) is 1.65. The molecule has 8 nitrogen and oxygen atoms in total. The first kappa shape index (κ1) is 25.8. The lowest BCUT2D eigenvalue weighted by Crippen LogP contribution is -2.50. The number of anilines is 1. The molecule has 0 spiro atoms. The third-order valence-electron chi connectivity index (χ3n) is 5.27. The molecule has 1 saturated heterocycles. The second-order valence-corrected chi connectivity index (χ2v) is 9.33. The zero-order chi connectivity index (χ0) is 24.8. The molecule has 34 heavy (non-hydrogen) atoms. The second-order valence-electron chi connectivity index (χ2n) is 7.57. The SMILES string of the molecule is COCCNS(=O)(=O)c1ccc(OCC(=O)N2CCN(c3cccc(C(F)(F)F)c3)CC2)cc1. The quantitative estimate of drug-likeness (QED) is 0.531. The maximum absolute atomic E-state index is 12.9. The van der Waals surface area contributed by atoms with Crippen molar-refractivity contribution < 1.29 is 35.9 Å². The molecule has 1 aliphatic rings. The lowest BCUT2D eigenvalue weighted by atomic mass is 10.1. The Morgan fingerprint density at radius 1 is 1.06 bits per heavy atom. The first-order valence-electron chi connectivity index (χ1n) is 10.5. The van der Waals surface area contributed by atoms with Crippen LogP contribution in [0.4, 0.5) is 18.9 Å². The molecule has 0 bridgehead atoms. The smallest absolute Gasteiger partial charge is 0.416 e. The summed E-state index contributed by atoms with van der Waals surface area (Å²) in [6, 6.07) is 10.8. The monoisotopic (exact) mass is 501 g/mol. The van der Waals surface area contributed by atoms with Crippen LogP contribution >= 0.6 is 0 Å². The second kappa shape index (κ2) is 11.1. The van der Waals surface area contributed by atoms with Crippen molar-refractivity contribution in [2.45, 2.75) is 11.1 Å². The van der Waals surface area contributed by atoms with Crippen LogP contribution in [0.25, 0.3) is 0 Å². The van der Waals surface area contributed by atoms with Crippen LogP contribution in [0.2, 0.25) is 0 Å². The largest absolute Gasteiger partial charge is 0.484 e. The highest BCUT2D eigenvalue weighted by molar-refractivity contribution is 7.89. The number of methoxy groups -OCH3 is 1. The van der Waals surface area contributed by atoms with Crippen LogP contribution in [0.3, 0.4) is 0 Å². The number of piperazine rings is 1. The van der Waals surface area contributed by atoms with E-state index in [-0.39, 0.29) is 30.6 Å². The molecule has 1 fully saturated rings. The van der Waals surface area contributed by atoms with Crippen molar-refractivity contribution >= 4 is 21.6 Å². The molecule has 0 saturated carbocycles. The normalized spacial score (nSPS) is 14.8. The van der Waals surface area contributed by atoms with Gasteiger partial charge in [-0.05, 0) is 42.5 Å². The maximum Gasteiger partial charge on any atom is 0.416 e. The van der Waals surface area contributed by atoms with Gasteiger partial charge in [-0.2, -0.15) is 13.2 Å². The van der Waals surface area contributed by atoms with E-state index in [0.29, 0.717) is 37.6 Å². The minimum Gasteiger partial charge on any atom is -0.484 e. The first-order chi connectivity index (χ1) is 16.1. The van der Waals surface area contributed by atoms with Crippen LogP contribution in [0.5, 0.6) is 5.75 Å². The van der Waals surface area contributed by atoms with Gasteiger partial charge in [0.05, 0.1) is 17.1 Å². The number of benzene rings is 2. The van der Waals surface area contributed by atoms with Gasteiger partial charge in [0.2, 0.25) is 10.0 Å². The number of nitrogens with zero attached hydrogens (tertiary/aromatic N) is 2. The zero-order valence-electron chi connectivity index (χ0n) is 18.5. The van der Waals surface area contributed by atoms with Crippen molar-refractivity contribution in [3.8, 4) is 5.75 Å². The molecule has 2 aromatic carbocycles. The van der Waals surface area contributed by atoms with Gasteiger partial charge in [0.1, 0.15) is 5.75 Å². The van der Waals surface area contributed by atoms with Crippen LogP contribution in [0.15, 0.2) is 53.4 Å². The van der Waals surface area contributed by atoms with Crippen LogP contribution in [0.1, 0.15) is 5.56 Å². The van der Waals surface area contributed by atoms with E-state index in [1.807, 2.05) is 0 Å². The summed E-state index contributed by atoms with van der Waals surface area (Å²) in [4.78, 5) is 15.9. The van der Waals surface area contributed by atoms with E-state index in [1.165, 1.54) is 37.4 Å². The van der Waals surface area contributed by atoms with E-state index in [0.717, 1.165) is 12.1 Å². The lowest BCUT2D eigenvalue weighted by molar-refractivity contribution is -0.137. The number of sulfonamides is 1. The summed E-state index contributed by atoms with van der Waals surface area (Å²) in [5.74, 6) is 0.0772. The molecule has 0 aromatic heterocycles. The Labute approximate surface area is 196 Å². The Morgan fingerprint density at radius 2 is 1.74 bits per heavy atom. The Hall–Kier alpha value is -2.83. The van der Waals surface area contributed by atoms with Crippen LogP contribution in [0, 0.1) is 0 Å². The number of ether oxygens (including phenoxy) is 2. The van der Waals surface area contributed by atoms with Crippen molar-refractivity contribution in [3.63, 3.8) is 0 Å². The number of carbonyl (C=O) groups is 1. The van der Waals surface area contributed by atoms with Crippen LogP contribution in [-0.4, -0.2) is 72.3 Å². The van der Waals surface area contributed by atoms with Gasteiger partial charge in [-0.25, -0.2) is 13.1 Å². The standard InChI is InChI=1S/C22H26F3N3O5S/c1-32-14-9-26-34(30,31)20-7-5-19(6-8-20)33-16-21(29)28-12-10-27(11-13-28)18-4-2-3-17(15-18)22(23,24)25/h2-8,15,26H,9-14,16H2,1H3. The van der Waals surface area contributed by atoms with E-state index in [9.17, 15) is 26.4 Å². The van der Waals surface area contributed by atoms with Gasteiger partial charge in [-0.15, -0.1) is 0 Å². The summed E-state index contributed by atoms with van der Waals surface area (Å²) in [7, 11) is -2.19. The minimum atomic E-state index is -4.41. The molecule has 3 rings (SSSR count). The fourth-order valence-electron chi connectivity index (χ4n) is 3.41. The van der Waals surface area contributed by atoms with Crippen molar-refractivity contribution in [1.82, 2.24) is 9.62 Å². The molecular formula is C22H26F3N3O5S. The van der Waals surface area contributed by atoms with E-state index >= 15 is 0 Å². The molecule has 2 aromatic rings. The summed E-state index contributed by atoms with van der Waals surface area (Å²) < 4.78 is 75.9. The van der Waals surface area contributed by atoms with Gasteiger partial charge >= 0.3 is 6.18 Å². The van der Waals surface area contributed by atoms with Crippen molar-refractivity contribution in [1.29, 1.82) is 0 Å². The minimum absolute atomic E-state index is 0.0630. The average Bonchev–Trinajstić information content (AvgIpc) is 2.82. The lowest BCUT2D eigenvalue weighted by Gasteiger charge is -2.36. The number of rotatable bonds is 9. The summed E-state index contributed by atoms with van der Waals surface area (Å²) >= 11 is 0. The van der Waals surface area contributed by atoms with E-state index in [4.69, 9.17) is 9.47 Å². The van der Waals surface area contributed by atoms with Crippen molar-refractivity contribution in [2.75, 3.05) is 57.9 Å². The molecular weight excluding hydrogens is 475 g/mol. The number of amides is 1. The predicted molar refractivity (Wildman–Crippen MR) is 119 cm³/mol.